The molecule has 0 amide bonds. The maximum Gasteiger partial charge on any atom is 0.0464 e. The third-order valence-corrected chi connectivity index (χ3v) is 6.46. The first-order chi connectivity index (χ1) is 7.54. The van der Waals surface area contributed by atoms with Crippen molar-refractivity contribution in [3.63, 3.8) is 0 Å². The number of hydrogen-bond acceptors (Lipinski definition) is 1. The first-order valence-electron chi connectivity index (χ1n) is 6.82. The van der Waals surface area contributed by atoms with Gasteiger partial charge in [0.1, 0.15) is 0 Å². The third kappa shape index (κ3) is 0.971. The largest absolute Gasteiger partial charge is 0.396 e. The van der Waals surface area contributed by atoms with E-state index in [2.05, 4.69) is 20.4 Å². The van der Waals surface area contributed by atoms with Crippen molar-refractivity contribution in [2.24, 2.45) is 28.6 Å². The van der Waals surface area contributed by atoms with Gasteiger partial charge in [0.25, 0.3) is 0 Å². The number of hydrogen-bond donors (Lipinski definition) is 1. The van der Waals surface area contributed by atoms with E-state index in [1.807, 2.05) is 0 Å². The summed E-state index contributed by atoms with van der Waals surface area (Å²) in [6.07, 6.45) is 6.47. The van der Waals surface area contributed by atoms with Gasteiger partial charge in [-0.2, -0.15) is 0 Å². The van der Waals surface area contributed by atoms with Gasteiger partial charge in [-0.3, -0.25) is 0 Å². The van der Waals surface area contributed by atoms with E-state index in [1.165, 1.54) is 37.7 Å². The summed E-state index contributed by atoms with van der Waals surface area (Å²) in [5, 5.41) is 9.66. The van der Waals surface area contributed by atoms with Gasteiger partial charge >= 0.3 is 0 Å². The summed E-state index contributed by atoms with van der Waals surface area (Å²) in [5.41, 5.74) is 2.32. The van der Waals surface area contributed by atoms with Gasteiger partial charge in [0.2, 0.25) is 0 Å². The van der Waals surface area contributed by atoms with Crippen molar-refractivity contribution in [3.05, 3.63) is 12.2 Å². The minimum absolute atomic E-state index is 0.384. The Bertz CT molecular complexity index is 330. The number of aliphatic hydroxyl groups is 1. The van der Waals surface area contributed by atoms with Crippen LogP contribution in [0.3, 0.4) is 0 Å². The number of fused-ring (bicyclic) bond motifs is 2. The molecule has 90 valence electrons. The first-order valence-corrected chi connectivity index (χ1v) is 6.82. The maximum atomic E-state index is 9.66. The van der Waals surface area contributed by atoms with Crippen LogP contribution in [0.5, 0.6) is 0 Å². The lowest BCUT2D eigenvalue weighted by molar-refractivity contribution is -0.159. The molecule has 0 aromatic carbocycles. The van der Waals surface area contributed by atoms with Crippen LogP contribution < -0.4 is 0 Å². The number of aliphatic hydroxyl groups excluding tert-OH is 1. The van der Waals surface area contributed by atoms with Crippen LogP contribution in [-0.2, 0) is 0 Å². The zero-order valence-electron chi connectivity index (χ0n) is 10.6. The van der Waals surface area contributed by atoms with E-state index in [4.69, 9.17) is 0 Å². The highest BCUT2D eigenvalue weighted by molar-refractivity contribution is 5.26. The van der Waals surface area contributed by atoms with Gasteiger partial charge in [-0.05, 0) is 60.7 Å². The van der Waals surface area contributed by atoms with Crippen LogP contribution in [0.2, 0.25) is 0 Å². The van der Waals surface area contributed by atoms with Crippen LogP contribution >= 0.6 is 0 Å². The van der Waals surface area contributed by atoms with Crippen LogP contribution in [-0.4, -0.2) is 11.7 Å². The summed E-state index contributed by atoms with van der Waals surface area (Å²) >= 11 is 0. The van der Waals surface area contributed by atoms with Crippen molar-refractivity contribution >= 4 is 0 Å². The Morgan fingerprint density at radius 3 is 2.69 bits per heavy atom. The Morgan fingerprint density at radius 1 is 1.31 bits per heavy atom. The van der Waals surface area contributed by atoms with Crippen molar-refractivity contribution in [3.8, 4) is 0 Å². The normalized spacial score (nSPS) is 49.4. The SMILES string of the molecule is C=C1CCC2CCC(CO)C23CC1C3(C)C. The van der Waals surface area contributed by atoms with E-state index in [-0.39, 0.29) is 0 Å². The Morgan fingerprint density at radius 2 is 2.06 bits per heavy atom. The Labute approximate surface area is 98.9 Å². The second kappa shape index (κ2) is 3.13. The van der Waals surface area contributed by atoms with E-state index in [9.17, 15) is 5.11 Å². The summed E-state index contributed by atoms with van der Waals surface area (Å²) < 4.78 is 0. The molecule has 0 aromatic rings. The van der Waals surface area contributed by atoms with E-state index in [0.29, 0.717) is 23.4 Å². The van der Waals surface area contributed by atoms with Crippen LogP contribution in [0.25, 0.3) is 0 Å². The van der Waals surface area contributed by atoms with Gasteiger partial charge in [-0.1, -0.05) is 26.0 Å². The van der Waals surface area contributed by atoms with Gasteiger partial charge in [0.15, 0.2) is 0 Å². The van der Waals surface area contributed by atoms with Crippen molar-refractivity contribution in [2.45, 2.75) is 46.0 Å². The van der Waals surface area contributed by atoms with Crippen LogP contribution in [0.4, 0.5) is 0 Å². The second-order valence-electron chi connectivity index (χ2n) is 6.87. The summed E-state index contributed by atoms with van der Waals surface area (Å²) in [5.74, 6) is 2.15. The molecular weight excluding hydrogens is 196 g/mol. The van der Waals surface area contributed by atoms with Crippen LogP contribution in [0.1, 0.15) is 46.0 Å². The lowest BCUT2D eigenvalue weighted by Gasteiger charge is -2.64. The molecule has 1 nitrogen and oxygen atoms in total. The topological polar surface area (TPSA) is 20.2 Å². The first kappa shape index (κ1) is 10.8. The smallest absolute Gasteiger partial charge is 0.0464 e. The zero-order chi connectivity index (χ0) is 11.6. The highest BCUT2D eigenvalue weighted by atomic mass is 16.3. The Balaban J connectivity index is 2.04. The standard InChI is InChI=1S/C15H24O/c1-10-4-5-11-6-7-12(9-16)15(11)8-13(10)14(15,2)3/h11-13,16H,1,4-9H2,2-3H3. The van der Waals surface area contributed by atoms with E-state index in [0.717, 1.165) is 11.8 Å². The molecule has 0 radical (unpaired) electrons. The average molecular weight is 220 g/mol. The molecule has 1 heteroatoms. The second-order valence-corrected chi connectivity index (χ2v) is 6.87. The maximum absolute atomic E-state index is 9.66. The molecule has 4 rings (SSSR count). The molecule has 16 heavy (non-hydrogen) atoms. The lowest BCUT2D eigenvalue weighted by atomic mass is 9.40. The molecule has 0 aromatic heterocycles. The van der Waals surface area contributed by atoms with Crippen LogP contribution in [0, 0.1) is 28.6 Å². The van der Waals surface area contributed by atoms with Crippen molar-refractivity contribution in [1.29, 1.82) is 0 Å². The summed E-state index contributed by atoms with van der Waals surface area (Å²) in [4.78, 5) is 0. The fourth-order valence-corrected chi connectivity index (χ4v) is 5.53. The molecule has 0 heterocycles. The third-order valence-electron chi connectivity index (χ3n) is 6.46. The molecule has 4 fully saturated rings. The van der Waals surface area contributed by atoms with Gasteiger partial charge in [0.05, 0.1) is 0 Å². The molecule has 4 aliphatic carbocycles. The van der Waals surface area contributed by atoms with Crippen molar-refractivity contribution in [1.82, 2.24) is 0 Å². The lowest BCUT2D eigenvalue weighted by Crippen LogP contribution is -2.59. The van der Waals surface area contributed by atoms with Crippen LogP contribution in [0.15, 0.2) is 12.2 Å². The summed E-state index contributed by atoms with van der Waals surface area (Å²) in [7, 11) is 0. The number of rotatable bonds is 1. The molecule has 4 unspecified atom stereocenters. The molecule has 0 saturated heterocycles. The number of allylic oxidation sites excluding steroid dienone is 1. The molecule has 2 bridgehead atoms. The minimum atomic E-state index is 0.384. The zero-order valence-corrected chi connectivity index (χ0v) is 10.6. The van der Waals surface area contributed by atoms with Gasteiger partial charge in [-0.25, -0.2) is 0 Å². The quantitative estimate of drug-likeness (QED) is 0.672. The van der Waals surface area contributed by atoms with Gasteiger partial charge in [-0.15, -0.1) is 0 Å². The highest BCUT2D eigenvalue weighted by Gasteiger charge is 2.68. The Kier molecular flexibility index (Phi) is 2.12. The molecule has 1 N–H and O–H groups in total. The molecule has 4 aliphatic rings. The minimum Gasteiger partial charge on any atom is -0.396 e. The van der Waals surface area contributed by atoms with E-state index in [1.54, 1.807) is 0 Å². The molecular formula is C15H24O. The monoisotopic (exact) mass is 220 g/mol. The average Bonchev–Trinajstić information content (AvgIpc) is 2.53. The molecule has 4 atom stereocenters. The highest BCUT2D eigenvalue weighted by Crippen LogP contribution is 2.75. The van der Waals surface area contributed by atoms with Crippen molar-refractivity contribution in [2.75, 3.05) is 6.61 Å². The predicted octanol–water partition coefficient (Wildman–Crippen LogP) is 3.39. The molecule has 4 saturated carbocycles. The molecule has 1 spiro atoms. The Hall–Kier alpha value is -0.300. The van der Waals surface area contributed by atoms with Crippen molar-refractivity contribution < 1.29 is 5.11 Å². The fraction of sp³-hybridized carbons (Fsp3) is 0.867. The predicted molar refractivity (Wildman–Crippen MR) is 66.0 cm³/mol. The summed E-state index contributed by atoms with van der Waals surface area (Å²) in [6.45, 7) is 9.56. The molecule has 0 aliphatic heterocycles. The van der Waals surface area contributed by atoms with E-state index < -0.39 is 0 Å². The fourth-order valence-electron chi connectivity index (χ4n) is 5.53. The van der Waals surface area contributed by atoms with Gasteiger partial charge < -0.3 is 5.11 Å². The summed E-state index contributed by atoms with van der Waals surface area (Å²) in [6, 6.07) is 0. The van der Waals surface area contributed by atoms with Gasteiger partial charge in [0, 0.05) is 6.61 Å². The van der Waals surface area contributed by atoms with E-state index >= 15 is 0 Å².